The fraction of sp³-hybridized carbons (Fsp3) is 0.533. The van der Waals surface area contributed by atoms with E-state index in [0.717, 1.165) is 36.2 Å². The highest BCUT2D eigenvalue weighted by atomic mass is 16.5. The van der Waals surface area contributed by atoms with Crippen molar-refractivity contribution in [1.29, 1.82) is 0 Å². The van der Waals surface area contributed by atoms with Crippen LogP contribution in [0, 0.1) is 13.8 Å². The van der Waals surface area contributed by atoms with Crippen LogP contribution in [0.1, 0.15) is 37.3 Å². The smallest absolute Gasteiger partial charge is 0.228 e. The van der Waals surface area contributed by atoms with Crippen molar-refractivity contribution in [2.75, 3.05) is 6.54 Å². The summed E-state index contributed by atoms with van der Waals surface area (Å²) < 4.78 is 5.34. The molecule has 0 bridgehead atoms. The zero-order chi connectivity index (χ0) is 14.5. The fourth-order valence-corrected chi connectivity index (χ4v) is 2.24. The van der Waals surface area contributed by atoms with Gasteiger partial charge < -0.3 is 9.84 Å². The molecule has 0 aromatic carbocycles. The first kappa shape index (κ1) is 14.7. The molecule has 2 heterocycles. The standard InChI is InChI=1S/C15H22N4O/c1-5-12(16-6-2)8-13-18-15(19-20-13)14-11(4)7-10(3)9-17-14/h7,9,12,16H,5-6,8H2,1-4H3. The summed E-state index contributed by atoms with van der Waals surface area (Å²) in [5.74, 6) is 1.23. The lowest BCUT2D eigenvalue weighted by atomic mass is 10.1. The van der Waals surface area contributed by atoms with Crippen LogP contribution in [0.25, 0.3) is 11.5 Å². The van der Waals surface area contributed by atoms with Gasteiger partial charge in [-0.25, -0.2) is 0 Å². The Morgan fingerprint density at radius 1 is 1.30 bits per heavy atom. The molecule has 0 amide bonds. The molecule has 1 N–H and O–H groups in total. The average Bonchev–Trinajstić information content (AvgIpc) is 2.86. The van der Waals surface area contributed by atoms with Gasteiger partial charge in [0.2, 0.25) is 11.7 Å². The highest BCUT2D eigenvalue weighted by Gasteiger charge is 2.15. The van der Waals surface area contributed by atoms with Gasteiger partial charge in [-0.2, -0.15) is 4.98 Å². The van der Waals surface area contributed by atoms with Gasteiger partial charge in [0.15, 0.2) is 0 Å². The first-order valence-electron chi connectivity index (χ1n) is 7.13. The van der Waals surface area contributed by atoms with Crippen LogP contribution in [0.2, 0.25) is 0 Å². The Bertz CT molecular complexity index is 565. The second-order valence-corrected chi connectivity index (χ2v) is 5.06. The molecular weight excluding hydrogens is 252 g/mol. The summed E-state index contributed by atoms with van der Waals surface area (Å²) in [5.41, 5.74) is 2.99. The summed E-state index contributed by atoms with van der Waals surface area (Å²) in [6.07, 6.45) is 3.61. The van der Waals surface area contributed by atoms with E-state index in [1.807, 2.05) is 20.0 Å². The van der Waals surface area contributed by atoms with Gasteiger partial charge in [-0.05, 0) is 37.9 Å². The molecule has 1 atom stereocenters. The molecule has 0 radical (unpaired) electrons. The van der Waals surface area contributed by atoms with Crippen molar-refractivity contribution in [3.05, 3.63) is 29.3 Å². The lowest BCUT2D eigenvalue weighted by Crippen LogP contribution is -2.30. The number of rotatable bonds is 6. The fourth-order valence-electron chi connectivity index (χ4n) is 2.24. The Hall–Kier alpha value is -1.75. The van der Waals surface area contributed by atoms with E-state index in [9.17, 15) is 0 Å². The molecule has 2 aromatic rings. The van der Waals surface area contributed by atoms with E-state index in [1.165, 1.54) is 0 Å². The Morgan fingerprint density at radius 3 is 2.75 bits per heavy atom. The minimum atomic E-state index is 0.375. The zero-order valence-electron chi connectivity index (χ0n) is 12.6. The molecule has 0 saturated carbocycles. The Labute approximate surface area is 119 Å². The number of aryl methyl sites for hydroxylation is 2. The molecule has 108 valence electrons. The Morgan fingerprint density at radius 2 is 2.10 bits per heavy atom. The van der Waals surface area contributed by atoms with Crippen molar-refractivity contribution in [1.82, 2.24) is 20.4 Å². The highest BCUT2D eigenvalue weighted by molar-refractivity contribution is 5.53. The molecule has 0 fully saturated rings. The molecule has 0 saturated heterocycles. The van der Waals surface area contributed by atoms with Crippen molar-refractivity contribution >= 4 is 0 Å². The molecule has 0 aliphatic carbocycles. The molecule has 5 nitrogen and oxygen atoms in total. The third-order valence-corrected chi connectivity index (χ3v) is 3.30. The summed E-state index contributed by atoms with van der Waals surface area (Å²) in [5, 5.41) is 7.45. The molecule has 2 aromatic heterocycles. The number of nitrogens with one attached hydrogen (secondary N) is 1. The second kappa shape index (κ2) is 6.61. The van der Waals surface area contributed by atoms with Gasteiger partial charge in [-0.3, -0.25) is 4.98 Å². The van der Waals surface area contributed by atoms with Gasteiger partial charge in [0.1, 0.15) is 5.69 Å². The van der Waals surface area contributed by atoms with E-state index in [0.29, 0.717) is 17.8 Å². The largest absolute Gasteiger partial charge is 0.339 e. The van der Waals surface area contributed by atoms with Gasteiger partial charge in [-0.15, -0.1) is 0 Å². The predicted octanol–water partition coefficient (Wildman–Crippen LogP) is 2.68. The van der Waals surface area contributed by atoms with Gasteiger partial charge >= 0.3 is 0 Å². The van der Waals surface area contributed by atoms with Crippen molar-refractivity contribution < 1.29 is 4.52 Å². The number of likely N-dealkylation sites (N-methyl/N-ethyl adjacent to an activating group) is 1. The van der Waals surface area contributed by atoms with Crippen LogP contribution >= 0.6 is 0 Å². The molecule has 0 aliphatic heterocycles. The van der Waals surface area contributed by atoms with Crippen LogP contribution < -0.4 is 5.32 Å². The number of hydrogen-bond donors (Lipinski definition) is 1. The van der Waals surface area contributed by atoms with Gasteiger partial charge in [-0.1, -0.05) is 25.1 Å². The second-order valence-electron chi connectivity index (χ2n) is 5.06. The molecule has 2 rings (SSSR count). The van der Waals surface area contributed by atoms with Gasteiger partial charge in [0.25, 0.3) is 0 Å². The van der Waals surface area contributed by atoms with E-state index in [1.54, 1.807) is 0 Å². The lowest BCUT2D eigenvalue weighted by Gasteiger charge is -2.12. The van der Waals surface area contributed by atoms with Crippen molar-refractivity contribution in [3.8, 4) is 11.5 Å². The van der Waals surface area contributed by atoms with Crippen LogP contribution in [0.3, 0.4) is 0 Å². The lowest BCUT2D eigenvalue weighted by molar-refractivity contribution is 0.355. The minimum Gasteiger partial charge on any atom is -0.339 e. The monoisotopic (exact) mass is 274 g/mol. The first-order chi connectivity index (χ1) is 9.63. The maximum absolute atomic E-state index is 5.34. The SMILES string of the molecule is CCNC(CC)Cc1nc(-c2ncc(C)cc2C)no1. The summed E-state index contributed by atoms with van der Waals surface area (Å²) in [4.78, 5) is 8.86. The van der Waals surface area contributed by atoms with Crippen LogP contribution in [0.15, 0.2) is 16.8 Å². The van der Waals surface area contributed by atoms with E-state index < -0.39 is 0 Å². The normalized spacial score (nSPS) is 12.6. The molecule has 0 spiro atoms. The maximum Gasteiger partial charge on any atom is 0.228 e. The first-order valence-corrected chi connectivity index (χ1v) is 7.13. The molecular formula is C15H22N4O. The van der Waals surface area contributed by atoms with E-state index in [2.05, 4.69) is 40.4 Å². The maximum atomic E-state index is 5.34. The van der Waals surface area contributed by atoms with Crippen molar-refractivity contribution in [3.63, 3.8) is 0 Å². The number of hydrogen-bond acceptors (Lipinski definition) is 5. The molecule has 20 heavy (non-hydrogen) atoms. The van der Waals surface area contributed by atoms with Crippen molar-refractivity contribution in [2.24, 2.45) is 0 Å². The summed E-state index contributed by atoms with van der Waals surface area (Å²) in [6.45, 7) is 9.22. The average molecular weight is 274 g/mol. The number of aromatic nitrogens is 3. The molecule has 5 heteroatoms. The minimum absolute atomic E-state index is 0.375. The number of pyridine rings is 1. The third-order valence-electron chi connectivity index (χ3n) is 3.30. The van der Waals surface area contributed by atoms with Gasteiger partial charge in [0.05, 0.1) is 0 Å². The van der Waals surface area contributed by atoms with E-state index in [-0.39, 0.29) is 0 Å². The molecule has 0 aliphatic rings. The highest BCUT2D eigenvalue weighted by Crippen LogP contribution is 2.19. The van der Waals surface area contributed by atoms with Crippen LogP contribution in [-0.2, 0) is 6.42 Å². The topological polar surface area (TPSA) is 63.8 Å². The third kappa shape index (κ3) is 3.42. The summed E-state index contributed by atoms with van der Waals surface area (Å²) in [6, 6.07) is 2.45. The Kier molecular flexibility index (Phi) is 4.84. The van der Waals surface area contributed by atoms with Crippen LogP contribution in [-0.4, -0.2) is 27.7 Å². The molecule has 1 unspecified atom stereocenters. The van der Waals surface area contributed by atoms with Crippen molar-refractivity contribution in [2.45, 2.75) is 46.6 Å². The quantitative estimate of drug-likeness (QED) is 0.877. The Balaban J connectivity index is 2.16. The summed E-state index contributed by atoms with van der Waals surface area (Å²) in [7, 11) is 0. The predicted molar refractivity (Wildman–Crippen MR) is 78.5 cm³/mol. The summed E-state index contributed by atoms with van der Waals surface area (Å²) >= 11 is 0. The zero-order valence-corrected chi connectivity index (χ0v) is 12.6. The number of nitrogens with zero attached hydrogens (tertiary/aromatic N) is 3. The van der Waals surface area contributed by atoms with Crippen LogP contribution in [0.5, 0.6) is 0 Å². The van der Waals surface area contributed by atoms with E-state index >= 15 is 0 Å². The van der Waals surface area contributed by atoms with Gasteiger partial charge in [0, 0.05) is 18.7 Å². The van der Waals surface area contributed by atoms with E-state index in [4.69, 9.17) is 4.52 Å². The van der Waals surface area contributed by atoms with Crippen LogP contribution in [0.4, 0.5) is 0 Å².